The first kappa shape index (κ1) is 17.3. The van der Waals surface area contributed by atoms with E-state index < -0.39 is 0 Å². The Morgan fingerprint density at radius 2 is 1.32 bits per heavy atom. The maximum Gasteiger partial charge on any atom is 0.119 e. The standard InChI is InChI=1S/C20H25IO/c21-16-7-9-19-14-12-18(13-15-19)8-3-2-6-17-22-20-10-4-1-5-11-20/h1,4-5,10-15H,2-3,6-9,16-17H2. The van der Waals surface area contributed by atoms with Crippen LogP contribution in [0.4, 0.5) is 0 Å². The van der Waals surface area contributed by atoms with Gasteiger partial charge in [-0.1, -0.05) is 65.1 Å². The summed E-state index contributed by atoms with van der Waals surface area (Å²) in [5, 5.41) is 0. The Bertz CT molecular complexity index is 507. The molecule has 1 nitrogen and oxygen atoms in total. The third-order valence-corrected chi connectivity index (χ3v) is 4.51. The summed E-state index contributed by atoms with van der Waals surface area (Å²) in [6.07, 6.45) is 7.26. The molecule has 2 aromatic rings. The largest absolute Gasteiger partial charge is 0.494 e. The van der Waals surface area contributed by atoms with Crippen LogP contribution in [0, 0.1) is 0 Å². The van der Waals surface area contributed by atoms with Gasteiger partial charge in [-0.2, -0.15) is 0 Å². The number of alkyl halides is 1. The smallest absolute Gasteiger partial charge is 0.119 e. The maximum absolute atomic E-state index is 5.71. The number of rotatable bonds is 10. The number of para-hydroxylation sites is 1. The van der Waals surface area contributed by atoms with Gasteiger partial charge in [-0.3, -0.25) is 0 Å². The first-order valence-electron chi connectivity index (χ1n) is 8.20. The number of benzene rings is 2. The second-order valence-electron chi connectivity index (χ2n) is 5.58. The molecule has 0 saturated heterocycles. The minimum atomic E-state index is 0.819. The third kappa shape index (κ3) is 6.82. The van der Waals surface area contributed by atoms with Crippen molar-refractivity contribution >= 4 is 22.6 Å². The summed E-state index contributed by atoms with van der Waals surface area (Å²) < 4.78 is 6.95. The molecule has 0 radical (unpaired) electrons. The lowest BCUT2D eigenvalue weighted by atomic mass is 10.0. The number of unbranched alkanes of at least 4 members (excludes halogenated alkanes) is 2. The predicted octanol–water partition coefficient (Wildman–Crippen LogP) is 5.85. The van der Waals surface area contributed by atoms with Crippen LogP contribution in [0.5, 0.6) is 5.75 Å². The van der Waals surface area contributed by atoms with Gasteiger partial charge in [0, 0.05) is 0 Å². The molecule has 22 heavy (non-hydrogen) atoms. The lowest BCUT2D eigenvalue weighted by Gasteiger charge is -2.06. The predicted molar refractivity (Wildman–Crippen MR) is 103 cm³/mol. The number of aryl methyl sites for hydroxylation is 2. The van der Waals surface area contributed by atoms with Crippen molar-refractivity contribution in [3.8, 4) is 5.75 Å². The van der Waals surface area contributed by atoms with Gasteiger partial charge in [-0.25, -0.2) is 0 Å². The summed E-state index contributed by atoms with van der Waals surface area (Å²) in [7, 11) is 0. The van der Waals surface area contributed by atoms with Crippen LogP contribution in [-0.2, 0) is 12.8 Å². The van der Waals surface area contributed by atoms with E-state index >= 15 is 0 Å². The fourth-order valence-electron chi connectivity index (χ4n) is 2.46. The monoisotopic (exact) mass is 408 g/mol. The van der Waals surface area contributed by atoms with Gasteiger partial charge in [0.25, 0.3) is 0 Å². The number of hydrogen-bond acceptors (Lipinski definition) is 1. The van der Waals surface area contributed by atoms with Crippen LogP contribution in [-0.4, -0.2) is 11.0 Å². The highest BCUT2D eigenvalue weighted by Gasteiger charge is 1.97. The normalized spacial score (nSPS) is 10.6. The molecular formula is C20H25IO. The van der Waals surface area contributed by atoms with Crippen molar-refractivity contribution in [3.05, 3.63) is 65.7 Å². The van der Waals surface area contributed by atoms with E-state index in [1.807, 2.05) is 30.3 Å². The van der Waals surface area contributed by atoms with Crippen LogP contribution in [0.25, 0.3) is 0 Å². The maximum atomic E-state index is 5.71. The van der Waals surface area contributed by atoms with Gasteiger partial charge in [0.15, 0.2) is 0 Å². The first-order chi connectivity index (χ1) is 10.9. The topological polar surface area (TPSA) is 9.23 Å². The van der Waals surface area contributed by atoms with E-state index in [-0.39, 0.29) is 0 Å². The second kappa shape index (κ2) is 10.7. The molecule has 2 rings (SSSR count). The number of ether oxygens (including phenoxy) is 1. The molecule has 0 atom stereocenters. The Hall–Kier alpha value is -1.03. The van der Waals surface area contributed by atoms with E-state index in [2.05, 4.69) is 46.9 Å². The van der Waals surface area contributed by atoms with Crippen molar-refractivity contribution in [2.24, 2.45) is 0 Å². The summed E-state index contributed by atoms with van der Waals surface area (Å²) in [6, 6.07) is 19.2. The van der Waals surface area contributed by atoms with Crippen LogP contribution >= 0.6 is 22.6 Å². The first-order valence-corrected chi connectivity index (χ1v) is 9.72. The highest BCUT2D eigenvalue weighted by atomic mass is 127. The molecule has 0 N–H and O–H groups in total. The molecule has 0 aliphatic heterocycles. The van der Waals surface area contributed by atoms with Crippen molar-refractivity contribution in [1.29, 1.82) is 0 Å². The minimum absolute atomic E-state index is 0.819. The molecule has 0 amide bonds. The van der Waals surface area contributed by atoms with E-state index in [0.29, 0.717) is 0 Å². The lowest BCUT2D eigenvalue weighted by molar-refractivity contribution is 0.305. The van der Waals surface area contributed by atoms with Crippen molar-refractivity contribution in [1.82, 2.24) is 0 Å². The Kier molecular flexibility index (Phi) is 8.39. The molecular weight excluding hydrogens is 383 g/mol. The Balaban J connectivity index is 1.56. The van der Waals surface area contributed by atoms with Crippen LogP contribution in [0.1, 0.15) is 36.8 Å². The fourth-order valence-corrected chi connectivity index (χ4v) is 2.84. The van der Waals surface area contributed by atoms with Gasteiger partial charge in [-0.15, -0.1) is 0 Å². The van der Waals surface area contributed by atoms with E-state index in [4.69, 9.17) is 4.74 Å². The van der Waals surface area contributed by atoms with Crippen LogP contribution in [0.15, 0.2) is 54.6 Å². The molecule has 0 aliphatic rings. The summed E-state index contributed by atoms with van der Waals surface area (Å²) in [5.74, 6) is 0.976. The Morgan fingerprint density at radius 1 is 0.682 bits per heavy atom. The fraction of sp³-hybridized carbons (Fsp3) is 0.400. The van der Waals surface area contributed by atoms with Gasteiger partial charge in [0.05, 0.1) is 6.61 Å². The third-order valence-electron chi connectivity index (χ3n) is 3.74. The molecule has 0 aromatic heterocycles. The highest BCUT2D eigenvalue weighted by molar-refractivity contribution is 14.1. The zero-order valence-electron chi connectivity index (χ0n) is 13.1. The van der Waals surface area contributed by atoms with Crippen molar-refractivity contribution < 1.29 is 4.74 Å². The molecule has 0 unspecified atom stereocenters. The van der Waals surface area contributed by atoms with Crippen molar-refractivity contribution in [2.75, 3.05) is 11.0 Å². The summed E-state index contributed by atoms with van der Waals surface area (Å²) in [6.45, 7) is 0.819. The van der Waals surface area contributed by atoms with Crippen LogP contribution in [0.2, 0.25) is 0 Å². The molecule has 0 fully saturated rings. The average molecular weight is 408 g/mol. The van der Waals surface area contributed by atoms with E-state index in [9.17, 15) is 0 Å². The molecule has 0 aliphatic carbocycles. The molecule has 0 saturated carbocycles. The van der Waals surface area contributed by atoms with Crippen LogP contribution < -0.4 is 4.74 Å². The van der Waals surface area contributed by atoms with Crippen molar-refractivity contribution in [2.45, 2.75) is 38.5 Å². The van der Waals surface area contributed by atoms with E-state index in [1.165, 1.54) is 47.7 Å². The van der Waals surface area contributed by atoms with Crippen LogP contribution in [0.3, 0.4) is 0 Å². The number of hydrogen-bond donors (Lipinski definition) is 0. The van der Waals surface area contributed by atoms with Gasteiger partial charge in [0.1, 0.15) is 5.75 Å². The molecule has 0 spiro atoms. The van der Waals surface area contributed by atoms with E-state index in [0.717, 1.165) is 18.8 Å². The van der Waals surface area contributed by atoms with Gasteiger partial charge in [0.2, 0.25) is 0 Å². The lowest BCUT2D eigenvalue weighted by Crippen LogP contribution is -1.97. The molecule has 2 aromatic carbocycles. The minimum Gasteiger partial charge on any atom is -0.494 e. The summed E-state index contributed by atoms with van der Waals surface area (Å²) in [4.78, 5) is 0. The number of halogens is 1. The summed E-state index contributed by atoms with van der Waals surface area (Å²) in [5.41, 5.74) is 2.93. The average Bonchev–Trinajstić information content (AvgIpc) is 2.58. The SMILES string of the molecule is ICCCc1ccc(CCCCCOc2ccccc2)cc1. The van der Waals surface area contributed by atoms with Gasteiger partial charge < -0.3 is 4.74 Å². The Labute approximate surface area is 148 Å². The molecule has 0 bridgehead atoms. The summed E-state index contributed by atoms with van der Waals surface area (Å²) >= 11 is 2.44. The second-order valence-corrected chi connectivity index (χ2v) is 6.66. The van der Waals surface area contributed by atoms with E-state index in [1.54, 1.807) is 0 Å². The zero-order valence-corrected chi connectivity index (χ0v) is 15.3. The molecule has 0 heterocycles. The zero-order chi connectivity index (χ0) is 15.5. The van der Waals surface area contributed by atoms with Gasteiger partial charge >= 0.3 is 0 Å². The molecule has 2 heteroatoms. The Morgan fingerprint density at radius 3 is 1.95 bits per heavy atom. The van der Waals surface area contributed by atoms with Gasteiger partial charge in [-0.05, 0) is 66.2 Å². The quantitative estimate of drug-likeness (QED) is 0.272. The molecule has 118 valence electrons. The van der Waals surface area contributed by atoms with Crippen molar-refractivity contribution in [3.63, 3.8) is 0 Å². The highest BCUT2D eigenvalue weighted by Crippen LogP contribution is 2.12.